The lowest BCUT2D eigenvalue weighted by Gasteiger charge is -2.26. The van der Waals surface area contributed by atoms with Gasteiger partial charge < -0.3 is 5.11 Å². The Morgan fingerprint density at radius 2 is 2.19 bits per heavy atom. The maximum atomic E-state index is 11.6. The van der Waals surface area contributed by atoms with Crippen LogP contribution in [-0.4, -0.2) is 41.5 Å². The van der Waals surface area contributed by atoms with Crippen LogP contribution in [0.1, 0.15) is 44.9 Å². The fourth-order valence-electron chi connectivity index (χ4n) is 3.15. The van der Waals surface area contributed by atoms with E-state index in [4.69, 9.17) is 5.11 Å². The first-order chi connectivity index (χ1) is 7.81. The van der Waals surface area contributed by atoms with Crippen molar-refractivity contribution in [1.82, 2.24) is 4.90 Å². The van der Waals surface area contributed by atoms with Gasteiger partial charge in [-0.1, -0.05) is 0 Å². The van der Waals surface area contributed by atoms with Crippen LogP contribution in [-0.2, 0) is 4.79 Å². The van der Waals surface area contributed by atoms with Crippen LogP contribution in [0.5, 0.6) is 0 Å². The minimum Gasteiger partial charge on any atom is -0.396 e. The van der Waals surface area contributed by atoms with Gasteiger partial charge in [-0.05, 0) is 45.1 Å². The Kier molecular flexibility index (Phi) is 4.36. The van der Waals surface area contributed by atoms with E-state index in [1.807, 2.05) is 0 Å². The molecule has 2 fully saturated rings. The Morgan fingerprint density at radius 1 is 1.31 bits per heavy atom. The molecule has 1 N–H and O–H groups in total. The molecule has 0 aromatic carbocycles. The number of aliphatic hydroxyl groups excluding tert-OH is 1. The van der Waals surface area contributed by atoms with Crippen LogP contribution in [0.15, 0.2) is 0 Å². The number of carbonyl (C=O) groups is 1. The summed E-state index contributed by atoms with van der Waals surface area (Å²) in [6, 6.07) is 0.626. The molecule has 1 aliphatic carbocycles. The van der Waals surface area contributed by atoms with Gasteiger partial charge in [-0.3, -0.25) is 9.69 Å². The highest BCUT2D eigenvalue weighted by molar-refractivity contribution is 5.83. The van der Waals surface area contributed by atoms with Gasteiger partial charge in [0.2, 0.25) is 0 Å². The fourth-order valence-corrected chi connectivity index (χ4v) is 3.15. The molecule has 0 radical (unpaired) electrons. The summed E-state index contributed by atoms with van der Waals surface area (Å²) in [7, 11) is 0. The van der Waals surface area contributed by atoms with Gasteiger partial charge in [0.05, 0.1) is 0 Å². The zero-order valence-corrected chi connectivity index (χ0v) is 10.0. The second kappa shape index (κ2) is 5.78. The molecule has 0 spiro atoms. The fraction of sp³-hybridized carbons (Fsp3) is 0.923. The number of likely N-dealkylation sites (tertiary alicyclic amines) is 1. The number of hydrogen-bond acceptors (Lipinski definition) is 3. The molecule has 3 nitrogen and oxygen atoms in total. The molecular weight excluding hydrogens is 202 g/mol. The Labute approximate surface area is 97.8 Å². The summed E-state index contributed by atoms with van der Waals surface area (Å²) >= 11 is 0. The largest absolute Gasteiger partial charge is 0.396 e. The lowest BCUT2D eigenvalue weighted by Crippen LogP contribution is -2.35. The lowest BCUT2D eigenvalue weighted by molar-refractivity contribution is -0.121. The summed E-state index contributed by atoms with van der Waals surface area (Å²) in [5, 5.41) is 8.87. The highest BCUT2D eigenvalue weighted by Gasteiger charge is 2.31. The molecule has 2 aliphatic rings. The molecule has 3 heteroatoms. The van der Waals surface area contributed by atoms with Crippen molar-refractivity contribution in [3.63, 3.8) is 0 Å². The average molecular weight is 225 g/mol. The molecule has 0 amide bonds. The summed E-state index contributed by atoms with van der Waals surface area (Å²) in [5.41, 5.74) is 0. The smallest absolute Gasteiger partial charge is 0.137 e. The van der Waals surface area contributed by atoms with Gasteiger partial charge in [0, 0.05) is 31.5 Å². The predicted molar refractivity (Wildman–Crippen MR) is 63.3 cm³/mol. The first-order valence-corrected chi connectivity index (χ1v) is 6.69. The van der Waals surface area contributed by atoms with E-state index in [9.17, 15) is 4.79 Å². The van der Waals surface area contributed by atoms with E-state index in [1.165, 1.54) is 12.8 Å². The molecule has 2 rings (SSSR count). The Hall–Kier alpha value is -0.410. The van der Waals surface area contributed by atoms with E-state index in [2.05, 4.69) is 4.90 Å². The summed E-state index contributed by atoms with van der Waals surface area (Å²) < 4.78 is 0. The second-order valence-electron chi connectivity index (χ2n) is 5.21. The number of nitrogens with zero attached hydrogens (tertiary/aromatic N) is 1. The van der Waals surface area contributed by atoms with E-state index in [0.717, 1.165) is 45.2 Å². The van der Waals surface area contributed by atoms with Crippen molar-refractivity contribution >= 4 is 5.78 Å². The molecule has 1 saturated carbocycles. The van der Waals surface area contributed by atoms with Gasteiger partial charge in [0.1, 0.15) is 5.78 Å². The molecule has 2 unspecified atom stereocenters. The highest BCUT2D eigenvalue weighted by Crippen LogP contribution is 2.27. The van der Waals surface area contributed by atoms with Gasteiger partial charge in [0.25, 0.3) is 0 Å². The van der Waals surface area contributed by atoms with E-state index < -0.39 is 0 Å². The van der Waals surface area contributed by atoms with Crippen molar-refractivity contribution in [3.8, 4) is 0 Å². The normalized spacial score (nSPS) is 31.4. The number of aliphatic hydroxyl groups is 1. The van der Waals surface area contributed by atoms with E-state index in [1.54, 1.807) is 0 Å². The molecule has 1 heterocycles. The molecule has 0 aromatic heterocycles. The Morgan fingerprint density at radius 3 is 2.88 bits per heavy atom. The van der Waals surface area contributed by atoms with Crippen molar-refractivity contribution in [2.45, 2.75) is 51.0 Å². The van der Waals surface area contributed by atoms with Gasteiger partial charge in [-0.2, -0.15) is 0 Å². The maximum absolute atomic E-state index is 11.6. The SMILES string of the molecule is O=C1CCCC1CN1CCCC1CCCO. The van der Waals surface area contributed by atoms with Crippen molar-refractivity contribution in [1.29, 1.82) is 0 Å². The van der Waals surface area contributed by atoms with Crippen LogP contribution >= 0.6 is 0 Å². The molecular formula is C13H23NO2. The van der Waals surface area contributed by atoms with E-state index >= 15 is 0 Å². The quantitative estimate of drug-likeness (QED) is 0.772. The molecule has 0 aromatic rings. The van der Waals surface area contributed by atoms with Crippen molar-refractivity contribution in [2.75, 3.05) is 19.7 Å². The number of rotatable bonds is 5. The summed E-state index contributed by atoms with van der Waals surface area (Å²) in [6.45, 7) is 2.43. The summed E-state index contributed by atoms with van der Waals surface area (Å²) in [5.74, 6) is 0.794. The minimum atomic E-state index is 0.298. The first kappa shape index (κ1) is 12.1. The third-order valence-electron chi connectivity index (χ3n) is 4.08. The molecule has 0 bridgehead atoms. The third-order valence-corrected chi connectivity index (χ3v) is 4.08. The third kappa shape index (κ3) is 2.83. The van der Waals surface area contributed by atoms with Crippen LogP contribution in [0, 0.1) is 5.92 Å². The molecule has 1 saturated heterocycles. The number of ketones is 1. The van der Waals surface area contributed by atoms with Crippen LogP contribution in [0.4, 0.5) is 0 Å². The van der Waals surface area contributed by atoms with Crippen molar-refractivity contribution in [3.05, 3.63) is 0 Å². The van der Waals surface area contributed by atoms with Gasteiger partial charge >= 0.3 is 0 Å². The Bertz CT molecular complexity index is 242. The van der Waals surface area contributed by atoms with Crippen molar-refractivity contribution < 1.29 is 9.90 Å². The predicted octanol–water partition coefficient (Wildman–Crippen LogP) is 1.59. The van der Waals surface area contributed by atoms with Crippen LogP contribution < -0.4 is 0 Å². The standard InChI is InChI=1S/C13H23NO2/c15-9-3-6-12-5-2-8-14(12)10-11-4-1-7-13(11)16/h11-12,15H,1-10H2. The monoisotopic (exact) mass is 225 g/mol. The minimum absolute atomic E-state index is 0.298. The van der Waals surface area contributed by atoms with Gasteiger partial charge in [0.15, 0.2) is 0 Å². The van der Waals surface area contributed by atoms with Gasteiger partial charge in [-0.25, -0.2) is 0 Å². The second-order valence-corrected chi connectivity index (χ2v) is 5.21. The van der Waals surface area contributed by atoms with Gasteiger partial charge in [-0.15, -0.1) is 0 Å². The molecule has 16 heavy (non-hydrogen) atoms. The zero-order valence-electron chi connectivity index (χ0n) is 10.0. The molecule has 1 aliphatic heterocycles. The van der Waals surface area contributed by atoms with E-state index in [0.29, 0.717) is 24.3 Å². The van der Waals surface area contributed by atoms with Crippen LogP contribution in [0.25, 0.3) is 0 Å². The number of carbonyl (C=O) groups excluding carboxylic acids is 1. The molecule has 92 valence electrons. The number of hydrogen-bond donors (Lipinski definition) is 1. The summed E-state index contributed by atoms with van der Waals surface area (Å²) in [6.07, 6.45) is 7.51. The van der Waals surface area contributed by atoms with Crippen LogP contribution in [0.2, 0.25) is 0 Å². The summed E-state index contributed by atoms with van der Waals surface area (Å²) in [4.78, 5) is 14.1. The van der Waals surface area contributed by atoms with E-state index in [-0.39, 0.29) is 0 Å². The van der Waals surface area contributed by atoms with Crippen molar-refractivity contribution in [2.24, 2.45) is 5.92 Å². The highest BCUT2D eigenvalue weighted by atomic mass is 16.2. The number of Topliss-reactive ketones (excluding diaryl/α,β-unsaturated/α-hetero) is 1. The van der Waals surface area contributed by atoms with Crippen LogP contribution in [0.3, 0.4) is 0 Å². The lowest BCUT2D eigenvalue weighted by atomic mass is 10.0. The first-order valence-electron chi connectivity index (χ1n) is 6.69. The Balaban J connectivity index is 1.80. The topological polar surface area (TPSA) is 40.5 Å². The average Bonchev–Trinajstić information content (AvgIpc) is 2.87. The molecule has 2 atom stereocenters. The maximum Gasteiger partial charge on any atom is 0.137 e. The zero-order chi connectivity index (χ0) is 11.4.